The van der Waals surface area contributed by atoms with Crippen LogP contribution >= 0.6 is 11.8 Å². The van der Waals surface area contributed by atoms with Crippen LogP contribution in [0.3, 0.4) is 0 Å². The molecule has 4 aromatic heterocycles. The van der Waals surface area contributed by atoms with E-state index in [1.165, 1.54) is 4.52 Å². The van der Waals surface area contributed by atoms with Gasteiger partial charge in [-0.15, -0.1) is 15.3 Å². The van der Waals surface area contributed by atoms with E-state index in [-0.39, 0.29) is 19.1 Å². The summed E-state index contributed by atoms with van der Waals surface area (Å²) in [5, 5.41) is 29.9. The van der Waals surface area contributed by atoms with Gasteiger partial charge in [-0.05, 0) is 18.2 Å². The average molecular weight is 519 g/mol. The zero-order chi connectivity index (χ0) is 25.2. The van der Waals surface area contributed by atoms with Crippen LogP contribution < -0.4 is 10.2 Å². The maximum atomic E-state index is 12.5. The molecule has 1 amide bonds. The molecule has 0 atom stereocenters. The Morgan fingerprint density at radius 1 is 1.14 bits per heavy atom. The molecule has 0 saturated carbocycles. The molecule has 2 N–H and O–H groups in total. The van der Waals surface area contributed by atoms with Gasteiger partial charge in [0.15, 0.2) is 17.1 Å². The Morgan fingerprint density at radius 2 is 1.97 bits per heavy atom. The van der Waals surface area contributed by atoms with Gasteiger partial charge >= 0.3 is 0 Å². The topological polar surface area (TPSA) is 144 Å². The van der Waals surface area contributed by atoms with Crippen molar-refractivity contribution in [2.24, 2.45) is 0 Å². The maximum absolute atomic E-state index is 12.5. The predicted molar refractivity (Wildman–Crippen MR) is 135 cm³/mol. The lowest BCUT2D eigenvalue weighted by atomic mass is 10.2. The van der Waals surface area contributed by atoms with Crippen LogP contribution in [0.5, 0.6) is 5.88 Å². The Balaban J connectivity index is 1.24. The predicted octanol–water partition coefficient (Wildman–Crippen LogP) is 2.09. The molecule has 12 nitrogen and oxygen atoms in total. The molecule has 188 valence electrons. The number of amides is 1. The van der Waals surface area contributed by atoms with Crippen molar-refractivity contribution in [3.05, 3.63) is 65.7 Å². The molecule has 0 radical (unpaired) electrons. The number of ether oxygens (including phenoxy) is 1. The molecule has 0 bridgehead atoms. The fourth-order valence-electron chi connectivity index (χ4n) is 3.98. The first-order chi connectivity index (χ1) is 18.2. The second-order valence-electron chi connectivity index (χ2n) is 8.31. The maximum Gasteiger partial charge on any atom is 0.267 e. The van der Waals surface area contributed by atoms with E-state index in [1.54, 1.807) is 24.4 Å². The summed E-state index contributed by atoms with van der Waals surface area (Å²) < 4.78 is 12.7. The molecule has 0 unspecified atom stereocenters. The second-order valence-corrected chi connectivity index (χ2v) is 9.54. The molecule has 1 fully saturated rings. The quantitative estimate of drug-likeness (QED) is 0.327. The van der Waals surface area contributed by atoms with Gasteiger partial charge in [-0.2, -0.15) is 16.3 Å². The lowest BCUT2D eigenvalue weighted by Crippen LogP contribution is -2.46. The van der Waals surface area contributed by atoms with Crippen molar-refractivity contribution in [2.45, 2.75) is 13.2 Å². The van der Waals surface area contributed by atoms with Crippen LogP contribution in [0, 0.1) is 0 Å². The first-order valence-corrected chi connectivity index (χ1v) is 12.8. The molecular formula is C24H22N8O4S. The smallest absolute Gasteiger partial charge is 0.267 e. The normalized spacial score (nSPS) is 14.3. The molecule has 13 heteroatoms. The number of fused-ring (bicyclic) bond motifs is 3. The Morgan fingerprint density at radius 3 is 2.73 bits per heavy atom. The van der Waals surface area contributed by atoms with Crippen LogP contribution in [0.2, 0.25) is 0 Å². The molecule has 37 heavy (non-hydrogen) atoms. The van der Waals surface area contributed by atoms with Crippen molar-refractivity contribution in [3.63, 3.8) is 0 Å². The molecule has 0 spiro atoms. The summed E-state index contributed by atoms with van der Waals surface area (Å²) in [5.41, 5.74) is 4.98. The number of carbonyl (C=O) groups excluding carboxylic acids is 1. The summed E-state index contributed by atoms with van der Waals surface area (Å²) in [6.45, 7) is 1.52. The highest BCUT2D eigenvalue weighted by atomic mass is 32.2. The van der Waals surface area contributed by atoms with Gasteiger partial charge in [0.25, 0.3) is 5.91 Å². The number of aliphatic hydroxyl groups is 1. The fourth-order valence-corrected chi connectivity index (χ4v) is 4.88. The summed E-state index contributed by atoms with van der Waals surface area (Å²) in [6, 6.07) is 12.7. The molecule has 1 aromatic carbocycles. The largest absolute Gasteiger partial charge is 0.470 e. The highest BCUT2D eigenvalue weighted by molar-refractivity contribution is 7.99. The summed E-state index contributed by atoms with van der Waals surface area (Å²) >= 11 is 1.88. The van der Waals surface area contributed by atoms with Gasteiger partial charge in [-0.1, -0.05) is 23.4 Å². The van der Waals surface area contributed by atoms with Crippen molar-refractivity contribution in [3.8, 4) is 17.4 Å². The molecular weight excluding hydrogens is 496 g/mol. The number of rotatable bonds is 7. The Labute approximate surface area is 214 Å². The fraction of sp³-hybridized carbons (Fsp3) is 0.250. The van der Waals surface area contributed by atoms with E-state index in [0.29, 0.717) is 40.1 Å². The zero-order valence-corrected chi connectivity index (χ0v) is 20.4. The van der Waals surface area contributed by atoms with Crippen molar-refractivity contribution in [1.82, 2.24) is 40.4 Å². The van der Waals surface area contributed by atoms with Crippen molar-refractivity contribution >= 4 is 34.1 Å². The van der Waals surface area contributed by atoms with E-state index in [0.717, 1.165) is 35.4 Å². The number of aliphatic hydroxyl groups excluding tert-OH is 1. The molecule has 0 aliphatic carbocycles. The first-order valence-electron chi connectivity index (χ1n) is 11.6. The summed E-state index contributed by atoms with van der Waals surface area (Å²) in [6.07, 6.45) is 1.54. The number of hydrazine groups is 1. The standard InChI is InChI=1S/C24H22N8O4S/c33-13-17-11-20(30-36-17)22-27-26-21-18-3-1-2-4-19(18)24(29-32(21)22)35-14-16-6-5-15(12-25-16)23(34)28-31-7-9-37-10-8-31/h1-6,11-12,33H,7-10,13-14H2,(H,28,34). The molecule has 1 aliphatic heterocycles. The van der Waals surface area contributed by atoms with E-state index in [4.69, 9.17) is 9.26 Å². The third-order valence-corrected chi connectivity index (χ3v) is 6.83. The summed E-state index contributed by atoms with van der Waals surface area (Å²) in [5.74, 6) is 2.85. The Kier molecular flexibility index (Phi) is 6.39. The van der Waals surface area contributed by atoms with Gasteiger partial charge in [-0.3, -0.25) is 15.2 Å². The number of aromatic nitrogens is 6. The van der Waals surface area contributed by atoms with Crippen LogP contribution in [0.1, 0.15) is 21.8 Å². The highest BCUT2D eigenvalue weighted by Gasteiger charge is 2.19. The van der Waals surface area contributed by atoms with Gasteiger partial charge in [0, 0.05) is 47.6 Å². The summed E-state index contributed by atoms with van der Waals surface area (Å²) in [4.78, 5) is 16.9. The molecule has 5 aromatic rings. The van der Waals surface area contributed by atoms with E-state index in [1.807, 2.05) is 41.0 Å². The van der Waals surface area contributed by atoms with Crippen molar-refractivity contribution in [2.75, 3.05) is 24.6 Å². The van der Waals surface area contributed by atoms with Crippen LogP contribution in [-0.4, -0.2) is 70.6 Å². The van der Waals surface area contributed by atoms with Crippen molar-refractivity contribution < 1.29 is 19.2 Å². The number of carbonyl (C=O) groups is 1. The van der Waals surface area contributed by atoms with E-state index >= 15 is 0 Å². The number of nitrogens with zero attached hydrogens (tertiary/aromatic N) is 7. The van der Waals surface area contributed by atoms with E-state index < -0.39 is 0 Å². The molecule has 1 aliphatic rings. The van der Waals surface area contributed by atoms with Gasteiger partial charge in [-0.25, -0.2) is 5.01 Å². The van der Waals surface area contributed by atoms with Gasteiger partial charge < -0.3 is 14.4 Å². The third-order valence-electron chi connectivity index (χ3n) is 5.89. The minimum atomic E-state index is -0.278. The van der Waals surface area contributed by atoms with Crippen molar-refractivity contribution in [1.29, 1.82) is 0 Å². The first kappa shape index (κ1) is 23.3. The minimum absolute atomic E-state index is 0.143. The van der Waals surface area contributed by atoms with E-state index in [9.17, 15) is 9.90 Å². The number of thioether (sulfide) groups is 1. The Hall–Kier alpha value is -4.07. The number of hydrogen-bond donors (Lipinski definition) is 2. The van der Waals surface area contributed by atoms with E-state index in [2.05, 4.69) is 30.9 Å². The number of nitrogens with one attached hydrogen (secondary N) is 1. The molecule has 5 heterocycles. The summed E-state index contributed by atoms with van der Waals surface area (Å²) in [7, 11) is 0. The SMILES string of the molecule is O=C(NN1CCSCC1)c1ccc(COc2nn3c(-c4cc(CO)on4)nnc3c3ccccc23)nc1. The number of pyridine rings is 1. The van der Waals surface area contributed by atoms with Gasteiger partial charge in [0.05, 0.1) is 11.3 Å². The Bertz CT molecular complexity index is 1560. The highest BCUT2D eigenvalue weighted by Crippen LogP contribution is 2.29. The van der Waals surface area contributed by atoms with Crippen LogP contribution in [0.4, 0.5) is 0 Å². The van der Waals surface area contributed by atoms with Crippen LogP contribution in [-0.2, 0) is 13.2 Å². The van der Waals surface area contributed by atoms with Crippen LogP contribution in [0.15, 0.2) is 53.2 Å². The van der Waals surface area contributed by atoms with Gasteiger partial charge in [0.2, 0.25) is 11.7 Å². The number of hydrogen-bond acceptors (Lipinski definition) is 11. The molecule has 6 rings (SSSR count). The lowest BCUT2D eigenvalue weighted by molar-refractivity contribution is 0.0805. The van der Waals surface area contributed by atoms with Gasteiger partial charge in [0.1, 0.15) is 13.2 Å². The average Bonchev–Trinajstić information content (AvgIpc) is 3.59. The monoisotopic (exact) mass is 518 g/mol. The number of benzene rings is 1. The minimum Gasteiger partial charge on any atom is -0.470 e. The third kappa shape index (κ3) is 4.71. The lowest BCUT2D eigenvalue weighted by Gasteiger charge is -2.26. The second kappa shape index (κ2) is 10.1. The van der Waals surface area contributed by atoms with Crippen LogP contribution in [0.25, 0.3) is 27.9 Å². The molecule has 1 saturated heterocycles. The zero-order valence-electron chi connectivity index (χ0n) is 19.6.